The Morgan fingerprint density at radius 3 is 3.14 bits per heavy atom. The van der Waals surface area contributed by atoms with Crippen LogP contribution in [0.1, 0.15) is 6.42 Å². The highest BCUT2D eigenvalue weighted by Gasteiger charge is 2.14. The van der Waals surface area contributed by atoms with Crippen molar-refractivity contribution in [2.45, 2.75) is 16.8 Å². The van der Waals surface area contributed by atoms with E-state index in [1.54, 1.807) is 7.05 Å². The Morgan fingerprint density at radius 2 is 2.64 bits per heavy atom. The molecule has 1 heterocycles. The molecule has 78 valence electrons. The zero-order chi connectivity index (χ0) is 10.4. The van der Waals surface area contributed by atoms with E-state index in [1.807, 2.05) is 0 Å². The fraction of sp³-hybridized carbons (Fsp3) is 0.571. The van der Waals surface area contributed by atoms with Crippen LogP contribution < -0.4 is 5.32 Å². The minimum absolute atomic E-state index is 0.476. The van der Waals surface area contributed by atoms with Crippen LogP contribution in [-0.2, 0) is 4.79 Å². The molecule has 0 bridgehead atoms. The molecule has 5 nitrogen and oxygen atoms in total. The van der Waals surface area contributed by atoms with Crippen molar-refractivity contribution in [1.82, 2.24) is 14.7 Å². The van der Waals surface area contributed by atoms with Crippen LogP contribution >= 0.6 is 23.3 Å². The number of aliphatic carboxylic acids is 1. The molecule has 0 aliphatic rings. The summed E-state index contributed by atoms with van der Waals surface area (Å²) >= 11 is 2.85. The maximum atomic E-state index is 10.6. The smallest absolute Gasteiger partial charge is 0.320 e. The second-order valence-electron chi connectivity index (χ2n) is 2.52. The highest BCUT2D eigenvalue weighted by molar-refractivity contribution is 8.00. The van der Waals surface area contributed by atoms with Gasteiger partial charge in [0.05, 0.1) is 0 Å². The van der Waals surface area contributed by atoms with Gasteiger partial charge in [0.1, 0.15) is 12.4 Å². The van der Waals surface area contributed by atoms with Gasteiger partial charge in [0.15, 0.2) is 4.34 Å². The number of aromatic nitrogens is 2. The van der Waals surface area contributed by atoms with Gasteiger partial charge >= 0.3 is 5.97 Å². The van der Waals surface area contributed by atoms with E-state index >= 15 is 0 Å². The third-order valence-corrected chi connectivity index (χ3v) is 3.45. The molecule has 0 saturated carbocycles. The quantitative estimate of drug-likeness (QED) is 0.704. The van der Waals surface area contributed by atoms with Gasteiger partial charge in [-0.25, -0.2) is 4.98 Å². The fourth-order valence-electron chi connectivity index (χ4n) is 0.882. The standard InChI is InChI=1S/C7H11N3O2S2/c1-8-5(6(11)12)2-3-13-7-9-4-10-14-7/h4-5,8H,2-3H2,1H3,(H,11,12). The number of nitrogens with zero attached hydrogens (tertiary/aromatic N) is 2. The Hall–Kier alpha value is -0.660. The molecule has 1 rings (SSSR count). The number of hydrogen-bond acceptors (Lipinski definition) is 6. The minimum atomic E-state index is -0.814. The molecular weight excluding hydrogens is 222 g/mol. The summed E-state index contributed by atoms with van der Waals surface area (Å²) in [5, 5.41) is 11.5. The Bertz CT molecular complexity index is 278. The largest absolute Gasteiger partial charge is 0.480 e. The summed E-state index contributed by atoms with van der Waals surface area (Å²) in [7, 11) is 1.65. The summed E-state index contributed by atoms with van der Waals surface area (Å²) in [5.74, 6) is -0.0853. The lowest BCUT2D eigenvalue weighted by atomic mass is 10.2. The Balaban J connectivity index is 2.23. The molecule has 2 N–H and O–H groups in total. The maximum Gasteiger partial charge on any atom is 0.320 e. The van der Waals surface area contributed by atoms with E-state index in [2.05, 4.69) is 14.7 Å². The van der Waals surface area contributed by atoms with E-state index in [-0.39, 0.29) is 0 Å². The maximum absolute atomic E-state index is 10.6. The van der Waals surface area contributed by atoms with Gasteiger partial charge in [0, 0.05) is 5.75 Å². The Labute approximate surface area is 90.1 Å². The lowest BCUT2D eigenvalue weighted by Gasteiger charge is -2.09. The fourth-order valence-corrected chi connectivity index (χ4v) is 2.40. The van der Waals surface area contributed by atoms with E-state index in [4.69, 9.17) is 5.11 Å². The highest BCUT2D eigenvalue weighted by atomic mass is 32.2. The molecule has 0 aromatic carbocycles. The van der Waals surface area contributed by atoms with Gasteiger partial charge in [-0.3, -0.25) is 4.79 Å². The Kier molecular flexibility index (Phi) is 4.85. The summed E-state index contributed by atoms with van der Waals surface area (Å²) in [6.07, 6.45) is 2.08. The predicted molar refractivity (Wildman–Crippen MR) is 55.7 cm³/mol. The second-order valence-corrected chi connectivity index (χ2v) is 4.65. The average molecular weight is 233 g/mol. The van der Waals surface area contributed by atoms with Crippen molar-refractivity contribution < 1.29 is 9.90 Å². The number of carboxylic acids is 1. The molecule has 1 aromatic rings. The van der Waals surface area contributed by atoms with Crippen molar-refractivity contribution in [2.75, 3.05) is 12.8 Å². The molecule has 0 aliphatic heterocycles. The molecule has 1 atom stereocenters. The Morgan fingerprint density at radius 1 is 1.86 bits per heavy atom. The molecule has 0 fully saturated rings. The average Bonchev–Trinajstić information content (AvgIpc) is 2.64. The van der Waals surface area contributed by atoms with E-state index in [1.165, 1.54) is 29.6 Å². The van der Waals surface area contributed by atoms with Gasteiger partial charge in [-0.15, -0.1) is 0 Å². The van der Waals surface area contributed by atoms with Crippen LogP contribution in [0.15, 0.2) is 10.7 Å². The molecule has 14 heavy (non-hydrogen) atoms. The predicted octanol–water partition coefficient (Wildman–Crippen LogP) is 0.693. The van der Waals surface area contributed by atoms with E-state index in [9.17, 15) is 4.79 Å². The number of likely N-dealkylation sites (N-methyl/N-ethyl adjacent to an activating group) is 1. The van der Waals surface area contributed by atoms with Gasteiger partial charge in [0.25, 0.3) is 0 Å². The third-order valence-electron chi connectivity index (χ3n) is 1.62. The van der Waals surface area contributed by atoms with Crippen LogP contribution in [0.25, 0.3) is 0 Å². The van der Waals surface area contributed by atoms with Gasteiger partial charge in [0.2, 0.25) is 0 Å². The number of carboxylic acid groups (broad SMARTS) is 1. The van der Waals surface area contributed by atoms with Crippen LogP contribution in [0.3, 0.4) is 0 Å². The van der Waals surface area contributed by atoms with Crippen LogP contribution in [0.4, 0.5) is 0 Å². The van der Waals surface area contributed by atoms with Gasteiger partial charge in [-0.1, -0.05) is 11.8 Å². The number of hydrogen-bond donors (Lipinski definition) is 2. The molecule has 0 amide bonds. The third kappa shape index (κ3) is 3.60. The first-order valence-corrected chi connectivity index (χ1v) is 5.79. The summed E-state index contributed by atoms with van der Waals surface area (Å²) in [5.41, 5.74) is 0. The van der Waals surface area contributed by atoms with Crippen LogP contribution in [0.5, 0.6) is 0 Å². The summed E-state index contributed by atoms with van der Waals surface area (Å²) in [6, 6.07) is -0.476. The zero-order valence-corrected chi connectivity index (χ0v) is 9.27. The SMILES string of the molecule is CNC(CCSc1ncns1)C(=O)O. The summed E-state index contributed by atoms with van der Waals surface area (Å²) in [6.45, 7) is 0. The van der Waals surface area contributed by atoms with Crippen LogP contribution in [0, 0.1) is 0 Å². The molecule has 0 spiro atoms. The first kappa shape index (κ1) is 11.4. The molecule has 1 unspecified atom stereocenters. The number of thioether (sulfide) groups is 1. The van der Waals surface area contributed by atoms with Crippen molar-refractivity contribution in [1.29, 1.82) is 0 Å². The van der Waals surface area contributed by atoms with Gasteiger partial charge in [-0.05, 0) is 25.0 Å². The second kappa shape index (κ2) is 5.94. The van der Waals surface area contributed by atoms with Gasteiger partial charge < -0.3 is 10.4 Å². The van der Waals surface area contributed by atoms with E-state index in [0.29, 0.717) is 6.42 Å². The van der Waals surface area contributed by atoms with Crippen molar-refractivity contribution in [3.05, 3.63) is 6.33 Å². The van der Waals surface area contributed by atoms with E-state index in [0.717, 1.165) is 10.1 Å². The first-order valence-electron chi connectivity index (χ1n) is 4.03. The van der Waals surface area contributed by atoms with Crippen LogP contribution in [0.2, 0.25) is 0 Å². The van der Waals surface area contributed by atoms with E-state index < -0.39 is 12.0 Å². The van der Waals surface area contributed by atoms with Crippen molar-refractivity contribution >= 4 is 29.3 Å². The number of rotatable bonds is 6. The molecule has 0 aliphatic carbocycles. The lowest BCUT2D eigenvalue weighted by Crippen LogP contribution is -2.34. The molecule has 1 aromatic heterocycles. The van der Waals surface area contributed by atoms with Crippen molar-refractivity contribution in [3.8, 4) is 0 Å². The number of carbonyl (C=O) groups is 1. The summed E-state index contributed by atoms with van der Waals surface area (Å²) in [4.78, 5) is 14.6. The number of nitrogens with one attached hydrogen (secondary N) is 1. The monoisotopic (exact) mass is 233 g/mol. The highest BCUT2D eigenvalue weighted by Crippen LogP contribution is 2.19. The lowest BCUT2D eigenvalue weighted by molar-refractivity contribution is -0.139. The summed E-state index contributed by atoms with van der Waals surface area (Å²) < 4.78 is 4.73. The molecule has 0 radical (unpaired) electrons. The molecule has 0 saturated heterocycles. The molecule has 7 heteroatoms. The topological polar surface area (TPSA) is 75.1 Å². The van der Waals surface area contributed by atoms with Crippen molar-refractivity contribution in [2.24, 2.45) is 0 Å². The minimum Gasteiger partial charge on any atom is -0.480 e. The molecular formula is C7H11N3O2S2. The van der Waals surface area contributed by atoms with Gasteiger partial charge in [-0.2, -0.15) is 4.37 Å². The normalized spacial score (nSPS) is 12.6. The zero-order valence-electron chi connectivity index (χ0n) is 7.64. The van der Waals surface area contributed by atoms with Crippen molar-refractivity contribution in [3.63, 3.8) is 0 Å². The first-order chi connectivity index (χ1) is 6.74. The van der Waals surface area contributed by atoms with Crippen LogP contribution in [-0.4, -0.2) is 39.3 Å².